The Morgan fingerprint density at radius 2 is 2.00 bits per heavy atom. The number of aromatic nitrogens is 2. The fourth-order valence-electron chi connectivity index (χ4n) is 3.05. The van der Waals surface area contributed by atoms with Gasteiger partial charge in [0.05, 0.1) is 33.5 Å². The van der Waals surface area contributed by atoms with Crippen molar-refractivity contribution in [1.29, 1.82) is 0 Å². The molecule has 9 nitrogen and oxygen atoms in total. The number of hydrogen-bond acceptors (Lipinski definition) is 7. The molecule has 2 aromatic heterocycles. The van der Waals surface area contributed by atoms with Crippen LogP contribution in [0.5, 0.6) is 0 Å². The maximum absolute atomic E-state index is 12.7. The van der Waals surface area contributed by atoms with Crippen LogP contribution in [0.4, 0.5) is 15.6 Å². The third-order valence-corrected chi connectivity index (χ3v) is 6.85. The molecule has 0 radical (unpaired) electrons. The molecule has 1 aliphatic carbocycles. The highest BCUT2D eigenvalue weighted by Crippen LogP contribution is 2.31. The second-order valence-corrected chi connectivity index (χ2v) is 10.8. The van der Waals surface area contributed by atoms with Gasteiger partial charge in [-0.15, -0.1) is 0 Å². The molecule has 1 fully saturated rings. The van der Waals surface area contributed by atoms with E-state index in [9.17, 15) is 18.0 Å². The van der Waals surface area contributed by atoms with E-state index in [2.05, 4.69) is 41.3 Å². The number of nitrogens with zero attached hydrogens (tertiary/aromatic N) is 2. The first-order valence-electron chi connectivity index (χ1n) is 8.89. The third kappa shape index (κ3) is 6.04. The maximum Gasteiger partial charge on any atom is 0.325 e. The van der Waals surface area contributed by atoms with Crippen molar-refractivity contribution in [3.8, 4) is 0 Å². The van der Waals surface area contributed by atoms with E-state index in [-0.39, 0.29) is 23.4 Å². The number of Topliss-reactive ketones (excluding diaryl/α,β-unsaturated/α-hetero) is 1. The summed E-state index contributed by atoms with van der Waals surface area (Å²) in [7, 11) is -3.36. The Kier molecular flexibility index (Phi) is 6.98. The average Bonchev–Trinajstić information content (AvgIpc) is 3.29. The minimum absolute atomic E-state index is 0.00275. The Hall–Kier alpha value is -1.89. The van der Waals surface area contributed by atoms with Crippen LogP contribution >= 0.6 is 27.3 Å². The van der Waals surface area contributed by atoms with E-state index in [1.165, 1.54) is 12.4 Å². The number of carbonyl (C=O) groups excluding carboxylic acids is 2. The lowest BCUT2D eigenvalue weighted by molar-refractivity contribution is 0.0923. The lowest BCUT2D eigenvalue weighted by Gasteiger charge is -2.13. The van der Waals surface area contributed by atoms with E-state index >= 15 is 0 Å². The number of pyridine rings is 1. The van der Waals surface area contributed by atoms with E-state index in [4.69, 9.17) is 0 Å². The van der Waals surface area contributed by atoms with E-state index in [0.717, 1.165) is 43.3 Å². The highest BCUT2D eigenvalue weighted by Gasteiger charge is 2.26. The quantitative estimate of drug-likeness (QED) is 0.498. The van der Waals surface area contributed by atoms with Crippen LogP contribution in [-0.2, 0) is 16.6 Å². The van der Waals surface area contributed by atoms with Gasteiger partial charge in [-0.05, 0) is 34.8 Å². The van der Waals surface area contributed by atoms with Crippen LogP contribution in [0.3, 0.4) is 0 Å². The number of rotatable bonds is 7. The van der Waals surface area contributed by atoms with Gasteiger partial charge in [-0.25, -0.2) is 22.9 Å². The van der Waals surface area contributed by atoms with E-state index in [1.807, 2.05) is 0 Å². The van der Waals surface area contributed by atoms with Crippen molar-refractivity contribution in [2.75, 3.05) is 16.9 Å². The minimum Gasteiger partial charge on any atom is -0.307 e. The molecular weight excluding hydrogens is 482 g/mol. The molecule has 29 heavy (non-hydrogen) atoms. The zero-order valence-corrected chi connectivity index (χ0v) is 18.8. The van der Waals surface area contributed by atoms with Crippen LogP contribution in [0.1, 0.15) is 41.7 Å². The summed E-state index contributed by atoms with van der Waals surface area (Å²) < 4.78 is 25.4. The van der Waals surface area contributed by atoms with Gasteiger partial charge in [0.2, 0.25) is 10.0 Å². The van der Waals surface area contributed by atoms with Crippen molar-refractivity contribution < 1.29 is 18.0 Å². The Bertz CT molecular complexity index is 1020. The molecule has 1 aliphatic rings. The molecule has 12 heteroatoms. The third-order valence-electron chi connectivity index (χ3n) is 4.43. The maximum atomic E-state index is 12.7. The van der Waals surface area contributed by atoms with Crippen LogP contribution < -0.4 is 15.4 Å². The fourth-order valence-corrected chi connectivity index (χ4v) is 4.85. The molecule has 2 amide bonds. The summed E-state index contributed by atoms with van der Waals surface area (Å²) in [5.74, 6) is -0.0281. The molecular formula is C17H20BrN5O4S2. The molecule has 0 spiro atoms. The molecule has 0 aromatic carbocycles. The second-order valence-electron chi connectivity index (χ2n) is 6.68. The summed E-state index contributed by atoms with van der Waals surface area (Å²) in [4.78, 5) is 33.4. The van der Waals surface area contributed by atoms with Crippen molar-refractivity contribution in [3.05, 3.63) is 33.5 Å². The second kappa shape index (κ2) is 9.28. The number of ketones is 1. The van der Waals surface area contributed by atoms with Crippen LogP contribution in [0, 0.1) is 5.92 Å². The molecule has 0 atom stereocenters. The Morgan fingerprint density at radius 3 is 2.69 bits per heavy atom. The van der Waals surface area contributed by atoms with Crippen molar-refractivity contribution >= 4 is 59.9 Å². The molecule has 0 aliphatic heterocycles. The lowest BCUT2D eigenvalue weighted by atomic mass is 9.96. The number of nitrogens with one attached hydrogen (secondary N) is 3. The first-order valence-corrected chi connectivity index (χ1v) is 12.4. The molecule has 156 valence electrons. The number of hydrogen-bond donors (Lipinski definition) is 3. The smallest absolute Gasteiger partial charge is 0.307 e. The van der Waals surface area contributed by atoms with Crippen LogP contribution in [0.25, 0.3) is 0 Å². The van der Waals surface area contributed by atoms with Crippen molar-refractivity contribution in [2.24, 2.45) is 5.92 Å². The van der Waals surface area contributed by atoms with Gasteiger partial charge in [0.1, 0.15) is 0 Å². The van der Waals surface area contributed by atoms with Gasteiger partial charge in [0.15, 0.2) is 10.9 Å². The molecule has 0 unspecified atom stereocenters. The lowest BCUT2D eigenvalue weighted by Crippen LogP contribution is -2.23. The number of anilines is 2. The fraction of sp³-hybridized carbons (Fsp3) is 0.412. The zero-order valence-electron chi connectivity index (χ0n) is 15.6. The summed E-state index contributed by atoms with van der Waals surface area (Å²) in [6, 6.07) is 1.03. The largest absolute Gasteiger partial charge is 0.325 e. The van der Waals surface area contributed by atoms with Crippen molar-refractivity contribution in [2.45, 2.75) is 32.2 Å². The predicted octanol–water partition coefficient (Wildman–Crippen LogP) is 3.37. The molecule has 2 heterocycles. The zero-order chi connectivity index (χ0) is 21.0. The van der Waals surface area contributed by atoms with Gasteiger partial charge < -0.3 is 5.32 Å². The number of amides is 2. The van der Waals surface area contributed by atoms with Gasteiger partial charge in [-0.2, -0.15) is 0 Å². The van der Waals surface area contributed by atoms with E-state index in [1.54, 1.807) is 6.07 Å². The van der Waals surface area contributed by atoms with Gasteiger partial charge >= 0.3 is 6.03 Å². The van der Waals surface area contributed by atoms with Crippen molar-refractivity contribution in [3.63, 3.8) is 0 Å². The van der Waals surface area contributed by atoms with Gasteiger partial charge in [-0.1, -0.05) is 24.2 Å². The molecule has 1 saturated carbocycles. The molecule has 3 N–H and O–H groups in total. The minimum atomic E-state index is -3.36. The summed E-state index contributed by atoms with van der Waals surface area (Å²) in [5, 5.41) is 5.57. The number of halogens is 1. The SMILES string of the molecule is CS(=O)(=O)NCc1nc(NC(=O)Nc2ccncc2C(=O)C2CCCC2)sc1Br. The molecule has 2 aromatic rings. The van der Waals surface area contributed by atoms with Gasteiger partial charge in [-0.3, -0.25) is 15.1 Å². The average molecular weight is 502 g/mol. The standard InChI is InChI=1S/C17H20BrN5O4S2/c1-29(26,27)20-9-13-15(18)28-17(22-13)23-16(25)21-12-6-7-19-8-11(12)14(24)10-4-2-3-5-10/h6-8,10,20H,2-5,9H2,1H3,(H2,19,21,22,23,25). The summed E-state index contributed by atoms with van der Waals surface area (Å²) in [6.45, 7) is 0.00358. The normalized spacial score (nSPS) is 14.7. The topological polar surface area (TPSA) is 130 Å². The molecule has 3 rings (SSSR count). The Labute approximate surface area is 180 Å². The summed E-state index contributed by atoms with van der Waals surface area (Å²) in [6.07, 6.45) is 7.83. The summed E-state index contributed by atoms with van der Waals surface area (Å²) in [5.41, 5.74) is 1.24. The van der Waals surface area contributed by atoms with Gasteiger partial charge in [0, 0.05) is 18.3 Å². The molecule has 0 saturated heterocycles. The van der Waals surface area contributed by atoms with Crippen LogP contribution in [-0.4, -0.2) is 36.5 Å². The predicted molar refractivity (Wildman–Crippen MR) is 115 cm³/mol. The highest BCUT2D eigenvalue weighted by molar-refractivity contribution is 9.11. The van der Waals surface area contributed by atoms with Crippen LogP contribution in [0.2, 0.25) is 0 Å². The first kappa shape index (κ1) is 21.8. The number of sulfonamides is 1. The van der Waals surface area contributed by atoms with Gasteiger partial charge in [0.25, 0.3) is 0 Å². The van der Waals surface area contributed by atoms with E-state index in [0.29, 0.717) is 20.7 Å². The monoisotopic (exact) mass is 501 g/mol. The summed E-state index contributed by atoms with van der Waals surface area (Å²) >= 11 is 4.46. The first-order chi connectivity index (χ1) is 13.7. The molecule has 0 bridgehead atoms. The van der Waals surface area contributed by atoms with E-state index < -0.39 is 16.1 Å². The number of thiazole rings is 1. The van der Waals surface area contributed by atoms with Crippen LogP contribution in [0.15, 0.2) is 22.2 Å². The number of urea groups is 1. The Morgan fingerprint density at radius 1 is 1.28 bits per heavy atom. The number of carbonyl (C=O) groups is 2. The van der Waals surface area contributed by atoms with Crippen molar-refractivity contribution in [1.82, 2.24) is 14.7 Å². The highest BCUT2D eigenvalue weighted by atomic mass is 79.9. The Balaban J connectivity index is 1.66.